The predicted octanol–water partition coefficient (Wildman–Crippen LogP) is 4.50. The number of hydrogen-bond donors (Lipinski definition) is 2. The topological polar surface area (TPSA) is 63.4 Å². The molecule has 0 saturated heterocycles. The number of para-hydroxylation sites is 1. The first-order chi connectivity index (χ1) is 14.7. The fourth-order valence-corrected chi connectivity index (χ4v) is 3.56. The number of fused-ring (bicyclic) bond motifs is 1. The number of hydrogen-bond acceptors (Lipinski definition) is 3. The van der Waals surface area contributed by atoms with Gasteiger partial charge in [0.2, 0.25) is 0 Å². The number of ether oxygens (including phenoxy) is 2. The third kappa shape index (κ3) is 4.46. The number of carbonyl (C=O) groups is 1. The van der Waals surface area contributed by atoms with E-state index < -0.39 is 0 Å². The summed E-state index contributed by atoms with van der Waals surface area (Å²) in [6.45, 7) is 0.443. The van der Waals surface area contributed by atoms with Crippen LogP contribution in [0.25, 0.3) is 10.9 Å². The van der Waals surface area contributed by atoms with Crippen molar-refractivity contribution in [3.05, 3.63) is 96.2 Å². The Bertz CT molecular complexity index is 1100. The Hall–Kier alpha value is -3.73. The number of methoxy groups -OCH3 is 1. The molecular weight excluding hydrogens is 376 g/mol. The molecule has 1 amide bonds. The Labute approximate surface area is 175 Å². The van der Waals surface area contributed by atoms with Crippen molar-refractivity contribution < 1.29 is 14.3 Å². The minimum atomic E-state index is -0.161. The van der Waals surface area contributed by atoms with E-state index in [-0.39, 0.29) is 18.4 Å². The molecule has 0 aliphatic heterocycles. The van der Waals surface area contributed by atoms with Crippen molar-refractivity contribution in [1.82, 2.24) is 10.3 Å². The average Bonchev–Trinajstić information content (AvgIpc) is 3.23. The highest BCUT2D eigenvalue weighted by Crippen LogP contribution is 2.30. The molecule has 0 aliphatic carbocycles. The average molecular weight is 400 g/mol. The van der Waals surface area contributed by atoms with Crippen molar-refractivity contribution in [1.29, 1.82) is 0 Å². The maximum Gasteiger partial charge on any atom is 0.257 e. The van der Waals surface area contributed by atoms with Crippen molar-refractivity contribution in [2.75, 3.05) is 20.3 Å². The quantitative estimate of drug-likeness (QED) is 0.458. The molecule has 1 aromatic heterocycles. The fourth-order valence-electron chi connectivity index (χ4n) is 3.56. The van der Waals surface area contributed by atoms with Crippen LogP contribution < -0.4 is 14.8 Å². The molecule has 0 aliphatic rings. The molecule has 0 radical (unpaired) electrons. The number of rotatable bonds is 8. The molecule has 5 heteroatoms. The van der Waals surface area contributed by atoms with E-state index in [0.717, 1.165) is 27.8 Å². The zero-order valence-corrected chi connectivity index (χ0v) is 16.8. The summed E-state index contributed by atoms with van der Waals surface area (Å²) in [6.07, 6.45) is 2.03. The number of amides is 1. The lowest BCUT2D eigenvalue weighted by Gasteiger charge is -2.18. The molecule has 4 aromatic rings. The van der Waals surface area contributed by atoms with E-state index in [4.69, 9.17) is 9.47 Å². The molecule has 152 valence electrons. The van der Waals surface area contributed by atoms with Gasteiger partial charge in [-0.1, -0.05) is 48.5 Å². The number of benzene rings is 3. The molecular formula is C25H24N2O3. The summed E-state index contributed by atoms with van der Waals surface area (Å²) in [5.74, 6) is 1.25. The van der Waals surface area contributed by atoms with Crippen LogP contribution in [-0.2, 0) is 4.79 Å². The Morgan fingerprint density at radius 2 is 1.63 bits per heavy atom. The second-order valence-electron chi connectivity index (χ2n) is 7.02. The Kier molecular flexibility index (Phi) is 5.99. The highest BCUT2D eigenvalue weighted by Gasteiger charge is 2.19. The van der Waals surface area contributed by atoms with Crippen LogP contribution in [0.1, 0.15) is 17.0 Å². The van der Waals surface area contributed by atoms with E-state index in [9.17, 15) is 4.79 Å². The second kappa shape index (κ2) is 9.18. The summed E-state index contributed by atoms with van der Waals surface area (Å²) in [4.78, 5) is 15.8. The molecule has 3 aromatic carbocycles. The first kappa shape index (κ1) is 19.6. The number of aromatic amines is 1. The second-order valence-corrected chi connectivity index (χ2v) is 7.02. The molecule has 30 heavy (non-hydrogen) atoms. The van der Waals surface area contributed by atoms with Crippen molar-refractivity contribution in [3.63, 3.8) is 0 Å². The molecule has 1 atom stereocenters. The number of nitrogens with one attached hydrogen (secondary N) is 2. The van der Waals surface area contributed by atoms with Crippen LogP contribution in [-0.4, -0.2) is 31.2 Å². The summed E-state index contributed by atoms with van der Waals surface area (Å²) >= 11 is 0. The first-order valence-corrected chi connectivity index (χ1v) is 9.89. The molecule has 0 fully saturated rings. The van der Waals surface area contributed by atoms with Crippen molar-refractivity contribution in [3.8, 4) is 11.5 Å². The van der Waals surface area contributed by atoms with Gasteiger partial charge in [-0.25, -0.2) is 0 Å². The third-order valence-corrected chi connectivity index (χ3v) is 5.13. The normalized spacial score (nSPS) is 11.8. The summed E-state index contributed by atoms with van der Waals surface area (Å²) in [7, 11) is 1.61. The number of carbonyl (C=O) groups excluding carboxylic acids is 1. The molecule has 0 bridgehead atoms. The van der Waals surface area contributed by atoms with Gasteiger partial charge in [-0.3, -0.25) is 4.79 Å². The summed E-state index contributed by atoms with van der Waals surface area (Å²) in [5.41, 5.74) is 3.40. The van der Waals surface area contributed by atoms with E-state index >= 15 is 0 Å². The van der Waals surface area contributed by atoms with E-state index in [1.807, 2.05) is 36.5 Å². The zero-order valence-electron chi connectivity index (χ0n) is 16.8. The van der Waals surface area contributed by atoms with Gasteiger partial charge in [-0.05, 0) is 41.5 Å². The Balaban J connectivity index is 1.45. The van der Waals surface area contributed by atoms with E-state index in [2.05, 4.69) is 34.6 Å². The van der Waals surface area contributed by atoms with Crippen LogP contribution in [0.2, 0.25) is 0 Å². The summed E-state index contributed by atoms with van der Waals surface area (Å²) in [5, 5.41) is 4.19. The third-order valence-electron chi connectivity index (χ3n) is 5.13. The standard InChI is InChI=1S/C25H24N2O3/c1-29-19-11-13-20(14-12-19)30-17-25(28)27-15-22(18-7-3-2-4-8-18)23-16-26-24-10-6-5-9-21(23)24/h2-14,16,22,26H,15,17H2,1H3,(H,27,28). The van der Waals surface area contributed by atoms with E-state index in [1.54, 1.807) is 31.4 Å². The van der Waals surface area contributed by atoms with Crippen LogP contribution in [0.4, 0.5) is 0 Å². The summed E-state index contributed by atoms with van der Waals surface area (Å²) < 4.78 is 10.7. The Morgan fingerprint density at radius 3 is 2.40 bits per heavy atom. The zero-order chi connectivity index (χ0) is 20.8. The molecule has 1 unspecified atom stereocenters. The number of aromatic nitrogens is 1. The monoisotopic (exact) mass is 400 g/mol. The van der Waals surface area contributed by atoms with Gasteiger partial charge in [-0.15, -0.1) is 0 Å². The lowest BCUT2D eigenvalue weighted by atomic mass is 9.91. The van der Waals surface area contributed by atoms with Crippen molar-refractivity contribution >= 4 is 16.8 Å². The van der Waals surface area contributed by atoms with Gasteiger partial charge < -0.3 is 19.8 Å². The van der Waals surface area contributed by atoms with Crippen LogP contribution in [0.3, 0.4) is 0 Å². The van der Waals surface area contributed by atoms with Gasteiger partial charge in [0.05, 0.1) is 7.11 Å². The SMILES string of the molecule is COc1ccc(OCC(=O)NCC(c2ccccc2)c2c[nH]c3ccccc23)cc1. The van der Waals surface area contributed by atoms with Crippen LogP contribution in [0, 0.1) is 0 Å². The minimum absolute atomic E-state index is 0.0345. The summed E-state index contributed by atoms with van der Waals surface area (Å²) in [6, 6.07) is 25.6. The van der Waals surface area contributed by atoms with Crippen molar-refractivity contribution in [2.45, 2.75) is 5.92 Å². The molecule has 1 heterocycles. The predicted molar refractivity (Wildman–Crippen MR) is 118 cm³/mol. The van der Waals surface area contributed by atoms with Gasteiger partial charge in [0.15, 0.2) is 6.61 Å². The van der Waals surface area contributed by atoms with Crippen LogP contribution in [0.15, 0.2) is 85.1 Å². The van der Waals surface area contributed by atoms with Crippen LogP contribution in [0.5, 0.6) is 11.5 Å². The highest BCUT2D eigenvalue weighted by molar-refractivity contribution is 5.84. The van der Waals surface area contributed by atoms with Gasteiger partial charge >= 0.3 is 0 Å². The van der Waals surface area contributed by atoms with Gasteiger partial charge in [0.25, 0.3) is 5.91 Å². The molecule has 0 spiro atoms. The Morgan fingerprint density at radius 1 is 0.933 bits per heavy atom. The fraction of sp³-hybridized carbons (Fsp3) is 0.160. The minimum Gasteiger partial charge on any atom is -0.497 e. The highest BCUT2D eigenvalue weighted by atomic mass is 16.5. The number of H-pyrrole nitrogens is 1. The van der Waals surface area contributed by atoms with Crippen molar-refractivity contribution in [2.24, 2.45) is 0 Å². The largest absolute Gasteiger partial charge is 0.497 e. The molecule has 5 nitrogen and oxygen atoms in total. The lowest BCUT2D eigenvalue weighted by Crippen LogP contribution is -2.32. The smallest absolute Gasteiger partial charge is 0.257 e. The first-order valence-electron chi connectivity index (χ1n) is 9.89. The van der Waals surface area contributed by atoms with E-state index in [1.165, 1.54) is 0 Å². The van der Waals surface area contributed by atoms with Gasteiger partial charge in [0.1, 0.15) is 11.5 Å². The molecule has 2 N–H and O–H groups in total. The van der Waals surface area contributed by atoms with E-state index in [0.29, 0.717) is 12.3 Å². The molecule has 0 saturated carbocycles. The molecule has 4 rings (SSSR count). The van der Waals surface area contributed by atoms with Gasteiger partial charge in [0, 0.05) is 29.6 Å². The van der Waals surface area contributed by atoms with Crippen LogP contribution >= 0.6 is 0 Å². The lowest BCUT2D eigenvalue weighted by molar-refractivity contribution is -0.123. The maximum absolute atomic E-state index is 12.4. The maximum atomic E-state index is 12.4. The van der Waals surface area contributed by atoms with Gasteiger partial charge in [-0.2, -0.15) is 0 Å².